The first-order chi connectivity index (χ1) is 24.8. The van der Waals surface area contributed by atoms with Crippen LogP contribution in [-0.4, -0.2) is 14.8 Å². The van der Waals surface area contributed by atoms with Crippen molar-refractivity contribution < 1.29 is 0 Å². The van der Waals surface area contributed by atoms with Crippen LogP contribution in [0.25, 0.3) is 61.3 Å². The van der Waals surface area contributed by atoms with E-state index in [0.29, 0.717) is 0 Å². The van der Waals surface area contributed by atoms with Crippen molar-refractivity contribution in [3.05, 3.63) is 162 Å². The lowest BCUT2D eigenvalue weighted by Gasteiger charge is -2.29. The Morgan fingerprint density at radius 1 is 0.640 bits per heavy atom. The normalized spacial score (nSPS) is 18.5. The van der Waals surface area contributed by atoms with Gasteiger partial charge in [-0.05, 0) is 97.2 Å². The average molecular weight is 647 g/mol. The number of rotatable bonds is 5. The largest absolute Gasteiger partial charge is 0.346 e. The Morgan fingerprint density at radius 3 is 2.36 bits per heavy atom. The van der Waals surface area contributed by atoms with Crippen molar-refractivity contribution in [1.82, 2.24) is 14.5 Å². The molecule has 1 aliphatic heterocycles. The second-order valence-corrected chi connectivity index (χ2v) is 13.7. The van der Waals surface area contributed by atoms with Crippen molar-refractivity contribution in [2.45, 2.75) is 44.8 Å². The fourth-order valence-electron chi connectivity index (χ4n) is 8.33. The Labute approximate surface area is 292 Å². The minimum atomic E-state index is -0.293. The first-order valence-electron chi connectivity index (χ1n) is 18.0. The van der Waals surface area contributed by atoms with Crippen LogP contribution in [0.15, 0.2) is 150 Å². The average Bonchev–Trinajstić information content (AvgIpc) is 3.70. The summed E-state index contributed by atoms with van der Waals surface area (Å²) in [6.45, 7) is 0. The molecule has 0 bridgehead atoms. The van der Waals surface area contributed by atoms with Gasteiger partial charge in [-0.2, -0.15) is 0 Å². The topological polar surface area (TPSA) is 34.2 Å². The molecule has 0 amide bonds. The van der Waals surface area contributed by atoms with Crippen LogP contribution in [0, 0.1) is 0 Å². The van der Waals surface area contributed by atoms with Crippen LogP contribution in [0.3, 0.4) is 0 Å². The molecular formula is C46H38N4. The van der Waals surface area contributed by atoms with E-state index in [1.165, 1.54) is 71.9 Å². The quantitative estimate of drug-likeness (QED) is 0.199. The minimum Gasteiger partial charge on any atom is -0.346 e. The number of nitrogens with one attached hydrogen (secondary N) is 1. The summed E-state index contributed by atoms with van der Waals surface area (Å²) in [4.78, 5) is 5.53. The number of aromatic nitrogens is 2. The molecule has 1 N–H and O–H groups in total. The van der Waals surface area contributed by atoms with Gasteiger partial charge in [0.05, 0.1) is 22.3 Å². The molecule has 4 aromatic carbocycles. The molecule has 10 rings (SSSR count). The summed E-state index contributed by atoms with van der Waals surface area (Å²) in [5.74, 6) is 0. The van der Waals surface area contributed by atoms with Gasteiger partial charge < -0.3 is 14.5 Å². The van der Waals surface area contributed by atoms with E-state index in [4.69, 9.17) is 4.99 Å². The highest BCUT2D eigenvalue weighted by molar-refractivity contribution is 6.16. The van der Waals surface area contributed by atoms with Crippen molar-refractivity contribution in [3.8, 4) is 11.1 Å². The zero-order valence-electron chi connectivity index (χ0n) is 28.0. The van der Waals surface area contributed by atoms with Gasteiger partial charge >= 0.3 is 0 Å². The minimum absolute atomic E-state index is 0.293. The van der Waals surface area contributed by atoms with Crippen molar-refractivity contribution in [1.29, 1.82) is 0 Å². The first kappa shape index (κ1) is 29.1. The molecule has 4 nitrogen and oxygen atoms in total. The molecule has 242 valence electrons. The second kappa shape index (κ2) is 11.9. The summed E-state index contributed by atoms with van der Waals surface area (Å²) in [6, 6.07) is 33.3. The lowest BCUT2D eigenvalue weighted by atomic mass is 9.96. The van der Waals surface area contributed by atoms with E-state index in [9.17, 15) is 0 Å². The molecule has 0 radical (unpaired) electrons. The highest BCUT2D eigenvalue weighted by Gasteiger charge is 2.28. The Balaban J connectivity index is 1.19. The second-order valence-electron chi connectivity index (χ2n) is 13.7. The number of hydrogen-bond donors (Lipinski definition) is 1. The number of hydrogen-bond acceptors (Lipinski definition) is 2. The molecule has 0 spiro atoms. The Hall–Kier alpha value is -5.87. The SMILES string of the molecule is C1=CCCC(C2=NC(n3c4c(c5cc6c7ccccc7n(C7=CCCC=C7)c6cc53)C=CCC4)NC(c3cccc(-c4ccccc4)c3)=C2)=C1. The van der Waals surface area contributed by atoms with Gasteiger partial charge in [0.1, 0.15) is 0 Å². The van der Waals surface area contributed by atoms with Crippen LogP contribution in [0.2, 0.25) is 0 Å². The van der Waals surface area contributed by atoms with Crippen LogP contribution < -0.4 is 5.32 Å². The lowest BCUT2D eigenvalue weighted by Crippen LogP contribution is -2.30. The van der Waals surface area contributed by atoms with E-state index in [2.05, 4.69) is 160 Å². The van der Waals surface area contributed by atoms with Crippen molar-refractivity contribution in [2.24, 2.45) is 4.99 Å². The summed E-state index contributed by atoms with van der Waals surface area (Å²) in [7, 11) is 0. The molecule has 4 heteroatoms. The molecule has 0 saturated heterocycles. The number of nitrogens with zero attached hydrogens (tertiary/aromatic N) is 3. The van der Waals surface area contributed by atoms with Crippen LogP contribution in [-0.2, 0) is 6.42 Å². The molecule has 1 unspecified atom stereocenters. The number of aliphatic imine (C=N–C) groups is 1. The summed E-state index contributed by atoms with van der Waals surface area (Å²) in [5, 5.41) is 7.83. The third-order valence-corrected chi connectivity index (χ3v) is 10.7. The molecule has 6 aromatic rings. The van der Waals surface area contributed by atoms with E-state index in [1.807, 2.05) is 0 Å². The molecule has 50 heavy (non-hydrogen) atoms. The Kier molecular flexibility index (Phi) is 6.93. The fraction of sp³-hybridized carbons (Fsp3) is 0.152. The standard InChI is InChI=1S/C46H38N4/c1-4-15-31(16-5-1)33-19-14-20-34(27-33)41-29-40(32-17-6-2-7-18-32)47-46(48-41)50-43-26-13-11-24-37(43)39-28-38-36-23-10-12-25-42(36)49(44(38)30-45(39)50)35-21-8-3-9-22-35/h1-2,4-6,8,10-12,14-17,19-25,27-30,46,48H,3,7,9,13,18,26H2. The molecule has 0 saturated carbocycles. The molecule has 3 aliphatic carbocycles. The number of allylic oxidation sites excluding steroid dienone is 10. The zero-order valence-corrected chi connectivity index (χ0v) is 28.0. The summed E-state index contributed by atoms with van der Waals surface area (Å²) < 4.78 is 4.97. The Bertz CT molecular complexity index is 2560. The van der Waals surface area contributed by atoms with E-state index >= 15 is 0 Å². The van der Waals surface area contributed by atoms with Gasteiger partial charge in [-0.15, -0.1) is 0 Å². The molecule has 0 fully saturated rings. The van der Waals surface area contributed by atoms with Crippen molar-refractivity contribution in [2.75, 3.05) is 0 Å². The molecule has 4 aliphatic rings. The van der Waals surface area contributed by atoms with E-state index in [-0.39, 0.29) is 6.29 Å². The van der Waals surface area contributed by atoms with Crippen molar-refractivity contribution >= 4 is 55.9 Å². The van der Waals surface area contributed by atoms with E-state index in [0.717, 1.165) is 49.9 Å². The number of para-hydroxylation sites is 1. The molecular weight excluding hydrogens is 609 g/mol. The Morgan fingerprint density at radius 2 is 1.48 bits per heavy atom. The predicted molar refractivity (Wildman–Crippen MR) is 211 cm³/mol. The maximum Gasteiger partial charge on any atom is 0.201 e. The lowest BCUT2D eigenvalue weighted by molar-refractivity contribution is 0.479. The van der Waals surface area contributed by atoms with Crippen LogP contribution in [0.4, 0.5) is 0 Å². The number of benzene rings is 4. The molecule has 1 atom stereocenters. The van der Waals surface area contributed by atoms with E-state index < -0.39 is 0 Å². The maximum atomic E-state index is 5.53. The van der Waals surface area contributed by atoms with Crippen LogP contribution >= 0.6 is 0 Å². The summed E-state index contributed by atoms with van der Waals surface area (Å²) in [5.41, 5.74) is 14.7. The van der Waals surface area contributed by atoms with Gasteiger partial charge in [0, 0.05) is 38.8 Å². The van der Waals surface area contributed by atoms with Crippen LogP contribution in [0.5, 0.6) is 0 Å². The number of fused-ring (bicyclic) bond motifs is 6. The van der Waals surface area contributed by atoms with Gasteiger partial charge in [0.2, 0.25) is 6.29 Å². The van der Waals surface area contributed by atoms with Crippen LogP contribution in [0.1, 0.15) is 55.2 Å². The zero-order chi connectivity index (χ0) is 33.0. The summed E-state index contributed by atoms with van der Waals surface area (Å²) >= 11 is 0. The third-order valence-electron chi connectivity index (χ3n) is 10.7. The highest BCUT2D eigenvalue weighted by atomic mass is 15.3. The maximum absolute atomic E-state index is 5.53. The van der Waals surface area contributed by atoms with Gasteiger partial charge in [-0.3, -0.25) is 0 Å². The highest BCUT2D eigenvalue weighted by Crippen LogP contribution is 2.41. The smallest absolute Gasteiger partial charge is 0.201 e. The fourth-order valence-corrected chi connectivity index (χ4v) is 8.33. The van der Waals surface area contributed by atoms with E-state index in [1.54, 1.807) is 0 Å². The third kappa shape index (κ3) is 4.78. The van der Waals surface area contributed by atoms with Gasteiger partial charge in [0.25, 0.3) is 0 Å². The molecule has 2 aromatic heterocycles. The summed E-state index contributed by atoms with van der Waals surface area (Å²) in [6.07, 6.45) is 26.5. The predicted octanol–water partition coefficient (Wildman–Crippen LogP) is 11.4. The van der Waals surface area contributed by atoms with Gasteiger partial charge in [-0.1, -0.05) is 109 Å². The van der Waals surface area contributed by atoms with Gasteiger partial charge in [-0.25, -0.2) is 4.99 Å². The molecule has 3 heterocycles. The first-order valence-corrected chi connectivity index (χ1v) is 18.0. The van der Waals surface area contributed by atoms with Gasteiger partial charge in [0.15, 0.2) is 0 Å². The monoisotopic (exact) mass is 646 g/mol. The van der Waals surface area contributed by atoms with Crippen molar-refractivity contribution in [3.63, 3.8) is 0 Å².